The molecule has 7 aromatic carbocycles. The zero-order valence-electron chi connectivity index (χ0n) is 47.6. The van der Waals surface area contributed by atoms with Crippen molar-refractivity contribution in [1.82, 2.24) is 0 Å². The molecule has 0 fully saturated rings. The normalized spacial score (nSPS) is 10.7. The Bertz CT molecular complexity index is 3500. The van der Waals surface area contributed by atoms with Crippen LogP contribution in [0.2, 0.25) is 0 Å². The van der Waals surface area contributed by atoms with Gasteiger partial charge in [-0.1, -0.05) is 100 Å². The van der Waals surface area contributed by atoms with E-state index in [4.69, 9.17) is 4.55 Å². The standard InChI is InChI=1S/C25H15F8N.2C11H15O3S.2C7H3F4.2W.Y/c26-18-10-19(27)23(31)15(22(18)30)8-2-6-13-4-1-5-14(17(13)12-34)7-3-9-16-24(32)20(28)11-21(29)25(16)33;1-3-4-7-10-8-5-6-9-11(10)15(12,13)14-2;1-2-3-6-10-7-4-5-8-11(10)9-15(12,13)14;2*1-3-6(10)4(8)2-5(9)7(3)11;;;/h1,4-5H,2-3,6-9H2;5,8-9H,3-4,7H2,1-2H3;4,7-8H,2-3,6,9H2,1H3,(H,12,13,14);2*1H3;;;/q-2;4*-1;2*+2;. The molecule has 0 bridgehead atoms. The second-order valence-electron chi connectivity index (χ2n) is 18.3. The molecule has 0 saturated carbocycles. The molecule has 89 heavy (non-hydrogen) atoms. The van der Waals surface area contributed by atoms with Gasteiger partial charge in [-0.2, -0.15) is 59.4 Å². The molecule has 0 amide bonds. The molecule has 0 aliphatic heterocycles. The first-order valence-electron chi connectivity index (χ1n) is 25.5. The summed E-state index contributed by atoms with van der Waals surface area (Å²) in [5.41, 5.74) is 0.790. The maximum Gasteiger partial charge on any atom is 2.00 e. The van der Waals surface area contributed by atoms with E-state index in [1.54, 1.807) is 42.5 Å². The Balaban J connectivity index is 0.00000118. The summed E-state index contributed by atoms with van der Waals surface area (Å²) in [5, 5.41) is 9.56. The van der Waals surface area contributed by atoms with Gasteiger partial charge in [-0.05, 0) is 61.0 Å². The molecule has 28 heteroatoms. The number of halogens is 16. The Morgan fingerprint density at radius 1 is 0.472 bits per heavy atom. The molecule has 1 N–H and O–H groups in total. The first-order chi connectivity index (χ1) is 40.4. The van der Waals surface area contributed by atoms with E-state index in [0.717, 1.165) is 63.5 Å². The Kier molecular flexibility index (Phi) is 38.1. The Labute approximate surface area is 560 Å². The Morgan fingerprint density at radius 3 is 1.13 bits per heavy atom. The van der Waals surface area contributed by atoms with Crippen LogP contribution in [0.3, 0.4) is 0 Å². The summed E-state index contributed by atoms with van der Waals surface area (Å²) in [4.78, 5) is 0.237. The fourth-order valence-corrected chi connectivity index (χ4v) is 9.29. The molecule has 0 aliphatic rings. The minimum atomic E-state index is -3.94. The average molecular weight is 1720 g/mol. The predicted molar refractivity (Wildman–Crippen MR) is 282 cm³/mol. The van der Waals surface area contributed by atoms with Crippen molar-refractivity contribution in [3.05, 3.63) is 240 Å². The Hall–Kier alpha value is -4.79. The molecule has 0 spiro atoms. The second-order valence-corrected chi connectivity index (χ2v) is 21.4. The van der Waals surface area contributed by atoms with Crippen LogP contribution >= 0.6 is 0 Å². The monoisotopic (exact) mass is 1720 g/mol. The number of unbranched alkanes of at least 4 members (excludes halogenated alkanes) is 2. The summed E-state index contributed by atoms with van der Waals surface area (Å²) in [6.07, 6.45) is 5.41. The third kappa shape index (κ3) is 25.3. The van der Waals surface area contributed by atoms with E-state index in [2.05, 4.69) is 30.2 Å². The van der Waals surface area contributed by atoms with Gasteiger partial charge in [0, 0.05) is 126 Å². The molecule has 7 aromatic rings. The molecular weight excluding hydrogens is 1670 g/mol. The maximum atomic E-state index is 13.8. The Morgan fingerprint density at radius 2 is 0.798 bits per heavy atom. The summed E-state index contributed by atoms with van der Waals surface area (Å²) in [6, 6.07) is 27.7. The molecule has 0 heterocycles. The van der Waals surface area contributed by atoms with E-state index in [-0.39, 0.29) is 130 Å². The molecule has 1 radical (unpaired) electrons. The molecular formula is C61H51F16NO6S2W2Y-2. The van der Waals surface area contributed by atoms with Gasteiger partial charge in [0.05, 0.1) is 24.5 Å². The number of rotatable bonds is 18. The second kappa shape index (κ2) is 40.2. The smallest absolute Gasteiger partial charge is 0.286 e. The molecule has 0 saturated heterocycles. The van der Waals surface area contributed by atoms with Crippen molar-refractivity contribution < 1.29 is 171 Å². The van der Waals surface area contributed by atoms with E-state index in [9.17, 15) is 92.3 Å². The quantitative estimate of drug-likeness (QED) is 0.0299. The fourth-order valence-electron chi connectivity index (χ4n) is 7.74. The molecule has 0 unspecified atom stereocenters. The van der Waals surface area contributed by atoms with Crippen molar-refractivity contribution in [2.45, 2.75) is 115 Å². The van der Waals surface area contributed by atoms with Gasteiger partial charge in [0.15, 0.2) is 0 Å². The van der Waals surface area contributed by atoms with Crippen molar-refractivity contribution in [3.63, 3.8) is 0 Å². The summed E-state index contributed by atoms with van der Waals surface area (Å²) in [6.45, 7) is 6.05. The molecule has 7 rings (SSSR count). The molecule has 7 nitrogen and oxygen atoms in total. The van der Waals surface area contributed by atoms with Crippen LogP contribution in [0, 0.1) is 155 Å². The number of aryl methyl sites for hydroxylation is 4. The minimum absolute atomic E-state index is 0. The van der Waals surface area contributed by atoms with Gasteiger partial charge in [0.25, 0.3) is 10.1 Å². The minimum Gasteiger partial charge on any atom is -0.286 e. The summed E-state index contributed by atoms with van der Waals surface area (Å²) in [7, 11) is -6.36. The van der Waals surface area contributed by atoms with Gasteiger partial charge in [0.2, 0.25) is 10.1 Å². The van der Waals surface area contributed by atoms with Gasteiger partial charge in [-0.15, -0.1) is 35.4 Å². The first-order valence-corrected chi connectivity index (χ1v) is 28.5. The van der Waals surface area contributed by atoms with Crippen molar-refractivity contribution in [2.75, 3.05) is 7.11 Å². The molecule has 477 valence electrons. The third-order valence-corrected chi connectivity index (χ3v) is 14.3. The number of nitrogens with zero attached hydrogens (tertiary/aromatic N) is 1. The predicted octanol–water partition coefficient (Wildman–Crippen LogP) is 15.7. The zero-order valence-corrected chi connectivity index (χ0v) is 57.9. The number of hydrogen-bond acceptors (Lipinski definition) is 6. The molecule has 0 atom stereocenters. The topological polar surface area (TPSA) is 122 Å². The van der Waals surface area contributed by atoms with Crippen LogP contribution in [-0.4, -0.2) is 28.5 Å². The van der Waals surface area contributed by atoms with E-state index >= 15 is 0 Å². The van der Waals surface area contributed by atoms with E-state index < -0.39 is 136 Å². The number of hydrogen-bond donors (Lipinski definition) is 1. The molecule has 0 aliphatic carbocycles. The van der Waals surface area contributed by atoms with Crippen molar-refractivity contribution in [3.8, 4) is 6.07 Å². The summed E-state index contributed by atoms with van der Waals surface area (Å²) >= 11 is 0. The maximum absolute atomic E-state index is 13.8. The van der Waals surface area contributed by atoms with Crippen molar-refractivity contribution >= 4 is 20.2 Å². The average Bonchev–Trinajstić information content (AvgIpc) is 2.48. The van der Waals surface area contributed by atoms with Crippen molar-refractivity contribution in [2.24, 2.45) is 0 Å². The van der Waals surface area contributed by atoms with Crippen LogP contribution < -0.4 is 0 Å². The van der Waals surface area contributed by atoms with E-state index in [1.165, 1.54) is 37.4 Å². The van der Waals surface area contributed by atoms with Gasteiger partial charge >= 0.3 is 42.1 Å². The first kappa shape index (κ1) is 84.2. The summed E-state index contributed by atoms with van der Waals surface area (Å²) < 4.78 is 264. The van der Waals surface area contributed by atoms with Crippen LogP contribution in [-0.2, 0) is 144 Å². The number of benzene rings is 7. The van der Waals surface area contributed by atoms with Crippen LogP contribution in [0.5, 0.6) is 0 Å². The van der Waals surface area contributed by atoms with Crippen LogP contribution in [0.1, 0.15) is 108 Å². The molecule has 0 aromatic heterocycles. The van der Waals surface area contributed by atoms with E-state index in [1.807, 2.05) is 12.1 Å². The van der Waals surface area contributed by atoms with Gasteiger partial charge in [-0.25, -0.2) is 52.0 Å². The summed E-state index contributed by atoms with van der Waals surface area (Å²) in [5.74, 6) is -24.5. The van der Waals surface area contributed by atoms with Crippen LogP contribution in [0.15, 0.2) is 59.5 Å². The van der Waals surface area contributed by atoms with Crippen molar-refractivity contribution in [1.29, 1.82) is 5.26 Å². The van der Waals surface area contributed by atoms with E-state index in [0.29, 0.717) is 16.7 Å². The third-order valence-electron chi connectivity index (χ3n) is 12.3. The largest absolute Gasteiger partial charge is 2.00 e. The fraction of sp³-hybridized carbons (Fsp3) is 0.295. The van der Waals surface area contributed by atoms with Crippen LogP contribution in [0.4, 0.5) is 70.2 Å². The number of nitriles is 1. The van der Waals surface area contributed by atoms with Gasteiger partial charge in [-0.3, -0.25) is 43.9 Å². The SMILES string of the molecule is CCCCc1cc[c-]cc1CS(=O)(=O)O.CCCCc1cc[c-]cc1S(=O)(=O)OC.Cc1c(F)c(F)[c-]c(F)c1F.Cc1c(F)c(F)[c-]c(F)c1F.N#Cc1c(CCCc2c(F)c(F)[c-]c(F)c2F)cccc1CCCc1c(F)c(F)[c-]c(F)c1F.[W+2].[W+2].[Y]. The zero-order chi connectivity index (χ0) is 64.8. The van der Waals surface area contributed by atoms with Crippen LogP contribution in [0.25, 0.3) is 0 Å². The van der Waals surface area contributed by atoms with Gasteiger partial charge < -0.3 is 0 Å². The van der Waals surface area contributed by atoms with Gasteiger partial charge in [0.1, 0.15) is 0 Å².